The lowest BCUT2D eigenvalue weighted by atomic mass is 10.2. The van der Waals surface area contributed by atoms with E-state index in [1.165, 1.54) is 22.9 Å². The highest BCUT2D eigenvalue weighted by Gasteiger charge is 2.46. The first-order valence-corrected chi connectivity index (χ1v) is 6.61. The van der Waals surface area contributed by atoms with Gasteiger partial charge in [0.1, 0.15) is 0 Å². The maximum absolute atomic E-state index is 12.1. The van der Waals surface area contributed by atoms with Gasteiger partial charge in [0.15, 0.2) is 0 Å². The standard InChI is InChI=1S/C8H7BrF3NO2S/c9-5-6-3-1-2-4-7(6)13-16(14,15)8(10,11)12/h1-4,13H,5H2. The minimum Gasteiger partial charge on any atom is -0.276 e. The predicted molar refractivity (Wildman–Crippen MR) is 57.7 cm³/mol. The summed E-state index contributed by atoms with van der Waals surface area (Å²) in [4.78, 5) is 0. The predicted octanol–water partition coefficient (Wildman–Crippen LogP) is 2.84. The summed E-state index contributed by atoms with van der Waals surface area (Å²) >= 11 is 3.05. The molecule has 90 valence electrons. The van der Waals surface area contributed by atoms with Gasteiger partial charge in [-0.3, -0.25) is 4.72 Å². The first-order chi connectivity index (χ1) is 7.28. The van der Waals surface area contributed by atoms with Gasteiger partial charge in [0.2, 0.25) is 0 Å². The molecule has 1 aromatic carbocycles. The van der Waals surface area contributed by atoms with Gasteiger partial charge in [0.05, 0.1) is 5.69 Å². The quantitative estimate of drug-likeness (QED) is 0.871. The van der Waals surface area contributed by atoms with Crippen molar-refractivity contribution in [2.45, 2.75) is 10.8 Å². The number of nitrogens with one attached hydrogen (secondary N) is 1. The summed E-state index contributed by atoms with van der Waals surface area (Å²) < 4.78 is 59.4. The number of sulfonamides is 1. The fourth-order valence-electron chi connectivity index (χ4n) is 0.939. The molecule has 0 radical (unpaired) electrons. The normalized spacial score (nSPS) is 12.5. The number of rotatable bonds is 3. The van der Waals surface area contributed by atoms with E-state index in [1.807, 2.05) is 0 Å². The molecule has 1 aromatic rings. The molecule has 3 nitrogen and oxygen atoms in total. The lowest BCUT2D eigenvalue weighted by Crippen LogP contribution is -2.30. The number of para-hydroxylation sites is 1. The molecule has 0 aliphatic rings. The molecule has 0 fully saturated rings. The van der Waals surface area contributed by atoms with E-state index in [-0.39, 0.29) is 11.0 Å². The van der Waals surface area contributed by atoms with E-state index in [9.17, 15) is 21.6 Å². The van der Waals surface area contributed by atoms with Crippen LogP contribution in [0.15, 0.2) is 24.3 Å². The first-order valence-electron chi connectivity index (χ1n) is 4.01. The minimum atomic E-state index is -5.35. The Balaban J connectivity index is 3.06. The Morgan fingerprint density at radius 2 is 1.81 bits per heavy atom. The number of alkyl halides is 4. The van der Waals surface area contributed by atoms with Gasteiger partial charge in [-0.2, -0.15) is 21.6 Å². The van der Waals surface area contributed by atoms with E-state index in [1.54, 1.807) is 6.07 Å². The second-order valence-electron chi connectivity index (χ2n) is 2.84. The van der Waals surface area contributed by atoms with Crippen LogP contribution in [0.3, 0.4) is 0 Å². The van der Waals surface area contributed by atoms with Crippen molar-refractivity contribution in [1.29, 1.82) is 0 Å². The van der Waals surface area contributed by atoms with Crippen molar-refractivity contribution < 1.29 is 21.6 Å². The van der Waals surface area contributed by atoms with Crippen LogP contribution < -0.4 is 4.72 Å². The molecular weight excluding hydrogens is 311 g/mol. The molecule has 0 aliphatic carbocycles. The number of halogens is 4. The zero-order chi connectivity index (χ0) is 12.4. The monoisotopic (exact) mass is 317 g/mol. The molecule has 0 aromatic heterocycles. The highest BCUT2D eigenvalue weighted by molar-refractivity contribution is 9.08. The maximum Gasteiger partial charge on any atom is 0.516 e. The SMILES string of the molecule is O=S(=O)(Nc1ccccc1CBr)C(F)(F)F. The fraction of sp³-hybridized carbons (Fsp3) is 0.250. The van der Waals surface area contributed by atoms with E-state index in [4.69, 9.17) is 0 Å². The van der Waals surface area contributed by atoms with Gasteiger partial charge in [0, 0.05) is 5.33 Å². The molecule has 8 heteroatoms. The van der Waals surface area contributed by atoms with Crippen LogP contribution in [0, 0.1) is 0 Å². The molecule has 0 unspecified atom stereocenters. The number of benzene rings is 1. The van der Waals surface area contributed by atoms with Crippen molar-refractivity contribution >= 4 is 31.6 Å². The average Bonchev–Trinajstić information content (AvgIpc) is 2.16. The number of hydrogen-bond donors (Lipinski definition) is 1. The summed E-state index contributed by atoms with van der Waals surface area (Å²) in [7, 11) is -5.35. The van der Waals surface area contributed by atoms with E-state index < -0.39 is 15.5 Å². The van der Waals surface area contributed by atoms with Gasteiger partial charge < -0.3 is 0 Å². The molecule has 0 amide bonds. The molecule has 16 heavy (non-hydrogen) atoms. The zero-order valence-electron chi connectivity index (χ0n) is 7.75. The summed E-state index contributed by atoms with van der Waals surface area (Å²) in [6, 6.07) is 5.82. The topological polar surface area (TPSA) is 46.2 Å². The Morgan fingerprint density at radius 1 is 1.25 bits per heavy atom. The molecule has 0 aliphatic heterocycles. The zero-order valence-corrected chi connectivity index (χ0v) is 10.2. The Morgan fingerprint density at radius 3 is 2.31 bits per heavy atom. The molecular formula is C8H7BrF3NO2S. The second kappa shape index (κ2) is 4.62. The summed E-state index contributed by atoms with van der Waals surface area (Å²) in [6.07, 6.45) is 0. The van der Waals surface area contributed by atoms with E-state index >= 15 is 0 Å². The molecule has 0 saturated heterocycles. The molecule has 0 bridgehead atoms. The highest BCUT2D eigenvalue weighted by atomic mass is 79.9. The third kappa shape index (κ3) is 2.88. The Labute approximate surface area is 98.8 Å². The van der Waals surface area contributed by atoms with E-state index in [0.717, 1.165) is 0 Å². The summed E-state index contributed by atoms with van der Waals surface area (Å²) in [5.41, 5.74) is -4.97. The van der Waals surface area contributed by atoms with Gasteiger partial charge >= 0.3 is 15.5 Å². The molecule has 0 heterocycles. The third-order valence-corrected chi connectivity index (χ3v) is 3.41. The molecule has 1 rings (SSSR count). The molecule has 0 atom stereocenters. The van der Waals surface area contributed by atoms with Crippen LogP contribution in [0.2, 0.25) is 0 Å². The smallest absolute Gasteiger partial charge is 0.276 e. The van der Waals surface area contributed by atoms with Gasteiger partial charge in [0.25, 0.3) is 0 Å². The highest BCUT2D eigenvalue weighted by Crippen LogP contribution is 2.27. The van der Waals surface area contributed by atoms with Crippen LogP contribution in [-0.4, -0.2) is 13.9 Å². The van der Waals surface area contributed by atoms with Crippen molar-refractivity contribution in [3.05, 3.63) is 29.8 Å². The van der Waals surface area contributed by atoms with Crippen LogP contribution >= 0.6 is 15.9 Å². The van der Waals surface area contributed by atoms with E-state index in [2.05, 4.69) is 15.9 Å². The van der Waals surface area contributed by atoms with Gasteiger partial charge in [-0.15, -0.1) is 0 Å². The Hall–Kier alpha value is -0.760. The molecule has 0 saturated carbocycles. The number of hydrogen-bond acceptors (Lipinski definition) is 2. The minimum absolute atomic E-state index is 0.0864. The van der Waals surface area contributed by atoms with Crippen LogP contribution in [0.5, 0.6) is 0 Å². The van der Waals surface area contributed by atoms with Gasteiger partial charge in [-0.05, 0) is 11.6 Å². The van der Waals surface area contributed by atoms with Crippen LogP contribution in [0.4, 0.5) is 18.9 Å². The third-order valence-electron chi connectivity index (χ3n) is 1.71. The Kier molecular flexibility index (Phi) is 3.84. The molecule has 1 N–H and O–H groups in total. The van der Waals surface area contributed by atoms with Gasteiger partial charge in [-0.25, -0.2) is 0 Å². The van der Waals surface area contributed by atoms with Gasteiger partial charge in [-0.1, -0.05) is 34.1 Å². The summed E-state index contributed by atoms with van der Waals surface area (Å²) in [6.45, 7) is 0. The first kappa shape index (κ1) is 13.3. The van der Waals surface area contributed by atoms with E-state index in [0.29, 0.717) is 5.56 Å². The number of anilines is 1. The summed E-state index contributed by atoms with van der Waals surface area (Å²) in [5, 5.41) is 0.254. The van der Waals surface area contributed by atoms with Crippen LogP contribution in [-0.2, 0) is 15.4 Å². The summed E-state index contributed by atoms with van der Waals surface area (Å²) in [5.74, 6) is 0. The lowest BCUT2D eigenvalue weighted by molar-refractivity contribution is -0.0429. The van der Waals surface area contributed by atoms with Crippen molar-refractivity contribution in [3.63, 3.8) is 0 Å². The second-order valence-corrected chi connectivity index (χ2v) is 5.08. The Bertz CT molecular complexity index is 472. The molecule has 0 spiro atoms. The van der Waals surface area contributed by atoms with Crippen molar-refractivity contribution in [3.8, 4) is 0 Å². The van der Waals surface area contributed by atoms with Crippen LogP contribution in [0.25, 0.3) is 0 Å². The van der Waals surface area contributed by atoms with Crippen LogP contribution in [0.1, 0.15) is 5.56 Å². The van der Waals surface area contributed by atoms with Crippen molar-refractivity contribution in [2.75, 3.05) is 4.72 Å². The van der Waals surface area contributed by atoms with Crippen molar-refractivity contribution in [1.82, 2.24) is 0 Å². The van der Waals surface area contributed by atoms with Crippen molar-refractivity contribution in [2.24, 2.45) is 0 Å². The fourth-order valence-corrected chi connectivity index (χ4v) is 2.03. The lowest BCUT2D eigenvalue weighted by Gasteiger charge is -2.12. The average molecular weight is 318 g/mol. The largest absolute Gasteiger partial charge is 0.516 e. The maximum atomic E-state index is 12.1.